The third kappa shape index (κ3) is 7.23. The zero-order chi connectivity index (χ0) is 26.5. The average molecular weight is 510 g/mol. The third-order valence-corrected chi connectivity index (χ3v) is 7.11. The van der Waals surface area contributed by atoms with Gasteiger partial charge in [-0.2, -0.15) is 0 Å². The number of hydrogen-bond donors (Lipinski definition) is 2. The molecule has 0 spiro atoms. The van der Waals surface area contributed by atoms with Crippen LogP contribution >= 0.6 is 0 Å². The van der Waals surface area contributed by atoms with Crippen LogP contribution in [0.4, 0.5) is 4.79 Å². The van der Waals surface area contributed by atoms with Gasteiger partial charge in [-0.25, -0.2) is 4.79 Å². The standard InChI is InChI=1S/C29H39N3O5/c1-22-6-10-25(11-7-22)37-21-29(35)14-4-16-31(18-15-29)20-23-8-12-24(13-9-23)36-19-5-17-32-26(33)28(2,3)30-27(32)34/h6-13,35H,4-5,14-21H2,1-3H3,(H,30,34)/t29-/m1/s1. The van der Waals surface area contributed by atoms with Gasteiger partial charge in [-0.15, -0.1) is 0 Å². The molecule has 3 amide bonds. The zero-order valence-corrected chi connectivity index (χ0v) is 22.2. The molecule has 8 heteroatoms. The Kier molecular flexibility index (Phi) is 8.39. The van der Waals surface area contributed by atoms with Crippen molar-refractivity contribution in [3.63, 3.8) is 0 Å². The summed E-state index contributed by atoms with van der Waals surface area (Å²) in [7, 11) is 0. The molecule has 200 valence electrons. The van der Waals surface area contributed by atoms with Gasteiger partial charge in [-0.3, -0.25) is 14.6 Å². The van der Waals surface area contributed by atoms with Crippen molar-refractivity contribution in [3.8, 4) is 11.5 Å². The second-order valence-corrected chi connectivity index (χ2v) is 10.8. The first kappa shape index (κ1) is 26.9. The molecule has 37 heavy (non-hydrogen) atoms. The lowest BCUT2D eigenvalue weighted by Gasteiger charge is -2.27. The van der Waals surface area contributed by atoms with E-state index in [-0.39, 0.29) is 11.9 Å². The predicted octanol–water partition coefficient (Wildman–Crippen LogP) is 3.89. The lowest BCUT2D eigenvalue weighted by atomic mass is 9.96. The zero-order valence-electron chi connectivity index (χ0n) is 22.2. The van der Waals surface area contributed by atoms with Crippen LogP contribution in [0.15, 0.2) is 48.5 Å². The van der Waals surface area contributed by atoms with Crippen molar-refractivity contribution in [1.82, 2.24) is 15.1 Å². The topological polar surface area (TPSA) is 91.3 Å². The maximum absolute atomic E-state index is 12.2. The molecular formula is C29H39N3O5. The second kappa shape index (κ2) is 11.5. The van der Waals surface area contributed by atoms with Gasteiger partial charge in [0.05, 0.1) is 12.2 Å². The van der Waals surface area contributed by atoms with Crippen molar-refractivity contribution in [1.29, 1.82) is 0 Å². The Morgan fingerprint density at radius 3 is 2.30 bits per heavy atom. The van der Waals surface area contributed by atoms with Crippen LogP contribution in [-0.2, 0) is 11.3 Å². The van der Waals surface area contributed by atoms with Crippen LogP contribution in [0.25, 0.3) is 0 Å². The molecule has 4 rings (SSSR count). The van der Waals surface area contributed by atoms with Gasteiger partial charge in [0, 0.05) is 19.6 Å². The first-order valence-corrected chi connectivity index (χ1v) is 13.1. The lowest BCUT2D eigenvalue weighted by Crippen LogP contribution is -2.40. The summed E-state index contributed by atoms with van der Waals surface area (Å²) >= 11 is 0. The van der Waals surface area contributed by atoms with E-state index in [2.05, 4.69) is 22.3 Å². The van der Waals surface area contributed by atoms with E-state index in [1.165, 1.54) is 16.0 Å². The summed E-state index contributed by atoms with van der Waals surface area (Å²) in [6.45, 7) is 9.09. The van der Waals surface area contributed by atoms with Crippen molar-refractivity contribution in [2.24, 2.45) is 0 Å². The van der Waals surface area contributed by atoms with E-state index in [1.807, 2.05) is 43.3 Å². The van der Waals surface area contributed by atoms with Crippen LogP contribution in [0.2, 0.25) is 0 Å². The Labute approximate surface area is 219 Å². The minimum atomic E-state index is -0.838. The highest BCUT2D eigenvalue weighted by atomic mass is 16.5. The number of aliphatic hydroxyl groups is 1. The van der Waals surface area contributed by atoms with Crippen LogP contribution in [0.1, 0.15) is 50.7 Å². The molecule has 2 heterocycles. The van der Waals surface area contributed by atoms with E-state index in [1.54, 1.807) is 13.8 Å². The molecular weight excluding hydrogens is 470 g/mol. The Morgan fingerprint density at radius 1 is 0.946 bits per heavy atom. The average Bonchev–Trinajstić information content (AvgIpc) is 2.97. The number of benzene rings is 2. The van der Waals surface area contributed by atoms with Gasteiger partial charge in [0.2, 0.25) is 0 Å². The number of ether oxygens (including phenoxy) is 2. The molecule has 0 bridgehead atoms. The number of likely N-dealkylation sites (tertiary alicyclic amines) is 1. The largest absolute Gasteiger partial charge is 0.494 e. The number of urea groups is 1. The van der Waals surface area contributed by atoms with Crippen LogP contribution in [-0.4, -0.2) is 70.8 Å². The molecule has 0 aromatic heterocycles. The number of hydrogen-bond acceptors (Lipinski definition) is 6. The molecule has 0 aliphatic carbocycles. The fourth-order valence-electron chi connectivity index (χ4n) is 4.77. The van der Waals surface area contributed by atoms with Crippen molar-refractivity contribution in [2.45, 2.75) is 64.1 Å². The van der Waals surface area contributed by atoms with Crippen LogP contribution < -0.4 is 14.8 Å². The normalized spacial score (nSPS) is 22.0. The Balaban J connectivity index is 1.18. The summed E-state index contributed by atoms with van der Waals surface area (Å²) in [5.41, 5.74) is 0.725. The van der Waals surface area contributed by atoms with E-state index in [4.69, 9.17) is 9.47 Å². The minimum Gasteiger partial charge on any atom is -0.494 e. The molecule has 2 aromatic carbocycles. The highest BCUT2D eigenvalue weighted by Gasteiger charge is 2.43. The highest BCUT2D eigenvalue weighted by molar-refractivity contribution is 6.06. The molecule has 2 N–H and O–H groups in total. The minimum absolute atomic E-state index is 0.201. The summed E-state index contributed by atoms with van der Waals surface area (Å²) < 4.78 is 11.7. The number of imide groups is 1. The van der Waals surface area contributed by atoms with Gasteiger partial charge in [-0.05, 0) is 82.8 Å². The van der Waals surface area contributed by atoms with Gasteiger partial charge in [0.1, 0.15) is 23.6 Å². The number of carbonyl (C=O) groups is 2. The van der Waals surface area contributed by atoms with Crippen LogP contribution in [0, 0.1) is 6.92 Å². The van der Waals surface area contributed by atoms with Crippen molar-refractivity contribution < 1.29 is 24.2 Å². The number of nitrogens with zero attached hydrogens (tertiary/aromatic N) is 2. The molecule has 0 unspecified atom stereocenters. The first-order chi connectivity index (χ1) is 17.6. The van der Waals surface area contributed by atoms with Crippen molar-refractivity contribution in [3.05, 3.63) is 59.7 Å². The van der Waals surface area contributed by atoms with Gasteiger partial charge < -0.3 is 19.9 Å². The van der Waals surface area contributed by atoms with E-state index >= 15 is 0 Å². The smallest absolute Gasteiger partial charge is 0.325 e. The maximum atomic E-state index is 12.2. The summed E-state index contributed by atoms with van der Waals surface area (Å²) in [5, 5.41) is 13.8. The Morgan fingerprint density at radius 2 is 1.62 bits per heavy atom. The second-order valence-electron chi connectivity index (χ2n) is 10.8. The fourth-order valence-corrected chi connectivity index (χ4v) is 4.77. The highest BCUT2D eigenvalue weighted by Crippen LogP contribution is 2.25. The Bertz CT molecular complexity index is 1070. The van der Waals surface area contributed by atoms with Crippen molar-refractivity contribution >= 4 is 11.9 Å². The molecule has 1 atom stereocenters. The fraction of sp³-hybridized carbons (Fsp3) is 0.517. The maximum Gasteiger partial charge on any atom is 0.325 e. The van der Waals surface area contributed by atoms with Gasteiger partial charge >= 0.3 is 6.03 Å². The quantitative estimate of drug-likeness (QED) is 0.373. The van der Waals surface area contributed by atoms with Gasteiger partial charge in [-0.1, -0.05) is 29.8 Å². The lowest BCUT2D eigenvalue weighted by molar-refractivity contribution is -0.130. The molecule has 2 aliphatic rings. The van der Waals surface area contributed by atoms with E-state index in [9.17, 15) is 14.7 Å². The Hall–Kier alpha value is -3.10. The number of nitrogens with one attached hydrogen (secondary N) is 1. The number of aryl methyl sites for hydroxylation is 1. The molecule has 0 saturated carbocycles. The summed E-state index contributed by atoms with van der Waals surface area (Å²) in [5.74, 6) is 1.36. The summed E-state index contributed by atoms with van der Waals surface area (Å²) in [4.78, 5) is 27.8. The molecule has 2 aliphatic heterocycles. The predicted molar refractivity (Wildman–Crippen MR) is 142 cm³/mol. The van der Waals surface area contributed by atoms with Gasteiger partial charge in [0.25, 0.3) is 5.91 Å². The molecule has 2 saturated heterocycles. The van der Waals surface area contributed by atoms with E-state index in [0.717, 1.165) is 44.0 Å². The van der Waals surface area contributed by atoms with Crippen LogP contribution in [0.5, 0.6) is 11.5 Å². The number of rotatable bonds is 10. The monoisotopic (exact) mass is 509 g/mol. The molecule has 8 nitrogen and oxygen atoms in total. The summed E-state index contributed by atoms with van der Waals surface area (Å²) in [6, 6.07) is 15.6. The molecule has 0 radical (unpaired) electrons. The summed E-state index contributed by atoms with van der Waals surface area (Å²) in [6.07, 6.45) is 2.89. The van der Waals surface area contributed by atoms with E-state index < -0.39 is 11.1 Å². The van der Waals surface area contributed by atoms with E-state index in [0.29, 0.717) is 32.6 Å². The first-order valence-electron chi connectivity index (χ1n) is 13.1. The SMILES string of the molecule is Cc1ccc(OC[C@@]2(O)CCCN(Cc3ccc(OCCCN4C(=O)NC(C)(C)C4=O)cc3)CC2)cc1. The van der Waals surface area contributed by atoms with Crippen molar-refractivity contribution in [2.75, 3.05) is 32.8 Å². The number of carbonyl (C=O) groups excluding carboxylic acids is 2. The van der Waals surface area contributed by atoms with Crippen LogP contribution in [0.3, 0.4) is 0 Å². The molecule has 2 aromatic rings. The number of amides is 3. The molecule has 2 fully saturated rings. The third-order valence-electron chi connectivity index (χ3n) is 7.11. The van der Waals surface area contributed by atoms with Gasteiger partial charge in [0.15, 0.2) is 0 Å².